The van der Waals surface area contributed by atoms with Gasteiger partial charge in [-0.15, -0.1) is 0 Å². The summed E-state index contributed by atoms with van der Waals surface area (Å²) in [6.07, 6.45) is 3.58. The van der Waals surface area contributed by atoms with Gasteiger partial charge in [0.25, 0.3) is 0 Å². The molecule has 100 valence electrons. The summed E-state index contributed by atoms with van der Waals surface area (Å²) in [5, 5.41) is 3.38. The molecule has 0 unspecified atom stereocenters. The minimum atomic E-state index is -0.0795. The molecule has 0 spiro atoms. The molecule has 0 aliphatic rings. The molecule has 18 heavy (non-hydrogen) atoms. The van der Waals surface area contributed by atoms with E-state index in [1.807, 2.05) is 6.92 Å². The second-order valence-corrected chi connectivity index (χ2v) is 4.41. The molecule has 0 heterocycles. The number of rotatable bonds is 8. The Bertz CT molecular complexity index is 363. The van der Waals surface area contributed by atoms with E-state index in [-0.39, 0.29) is 5.97 Å². The lowest BCUT2D eigenvalue weighted by Crippen LogP contribution is -2.05. The summed E-state index contributed by atoms with van der Waals surface area (Å²) in [6.45, 7) is 5.36. The van der Waals surface area contributed by atoms with Crippen LogP contribution >= 0.6 is 0 Å². The monoisotopic (exact) mass is 249 g/mol. The first-order chi connectivity index (χ1) is 8.72. The van der Waals surface area contributed by atoms with Crippen molar-refractivity contribution in [1.29, 1.82) is 0 Å². The molecule has 1 aromatic rings. The number of nitrogens with one attached hydrogen (secondary N) is 1. The minimum Gasteiger partial charge on any atom is -0.466 e. The van der Waals surface area contributed by atoms with Gasteiger partial charge in [-0.25, -0.2) is 0 Å². The van der Waals surface area contributed by atoms with Crippen molar-refractivity contribution in [2.75, 3.05) is 18.5 Å². The minimum absolute atomic E-state index is 0.0795. The molecular weight excluding hydrogens is 226 g/mol. The Balaban J connectivity index is 2.04. The molecule has 1 aromatic carbocycles. The van der Waals surface area contributed by atoms with E-state index in [0.29, 0.717) is 13.0 Å². The standard InChI is InChI=1S/C15H23NO2/c1-3-18-15(17)10-5-4-6-11-16-14-9-7-8-13(2)12-14/h7-9,12,16H,3-6,10-11H2,1-2H3. The van der Waals surface area contributed by atoms with Gasteiger partial charge in [-0.05, 0) is 44.4 Å². The van der Waals surface area contributed by atoms with Crippen LogP contribution in [-0.2, 0) is 9.53 Å². The van der Waals surface area contributed by atoms with E-state index in [1.165, 1.54) is 11.3 Å². The first-order valence-corrected chi connectivity index (χ1v) is 6.68. The van der Waals surface area contributed by atoms with Crippen LogP contribution in [0.4, 0.5) is 5.69 Å². The van der Waals surface area contributed by atoms with Crippen LogP contribution < -0.4 is 5.32 Å². The van der Waals surface area contributed by atoms with Gasteiger partial charge < -0.3 is 10.1 Å². The highest BCUT2D eigenvalue weighted by Gasteiger charge is 2.00. The van der Waals surface area contributed by atoms with E-state index < -0.39 is 0 Å². The molecule has 0 aromatic heterocycles. The topological polar surface area (TPSA) is 38.3 Å². The summed E-state index contributed by atoms with van der Waals surface area (Å²) in [5.41, 5.74) is 2.43. The molecule has 0 bridgehead atoms. The Kier molecular flexibility index (Phi) is 6.92. The molecular formula is C15H23NO2. The Labute approximate surface area is 110 Å². The lowest BCUT2D eigenvalue weighted by molar-refractivity contribution is -0.143. The fourth-order valence-electron chi connectivity index (χ4n) is 1.79. The number of benzene rings is 1. The average molecular weight is 249 g/mol. The van der Waals surface area contributed by atoms with E-state index in [1.54, 1.807) is 0 Å². The molecule has 3 nitrogen and oxygen atoms in total. The first-order valence-electron chi connectivity index (χ1n) is 6.68. The normalized spacial score (nSPS) is 10.1. The molecule has 0 saturated heterocycles. The van der Waals surface area contributed by atoms with Gasteiger partial charge in [-0.1, -0.05) is 18.6 Å². The van der Waals surface area contributed by atoms with E-state index in [9.17, 15) is 4.79 Å². The molecule has 0 atom stereocenters. The highest BCUT2D eigenvalue weighted by atomic mass is 16.5. The van der Waals surface area contributed by atoms with Crippen LogP contribution in [0.2, 0.25) is 0 Å². The lowest BCUT2D eigenvalue weighted by Gasteiger charge is -2.07. The SMILES string of the molecule is CCOC(=O)CCCCCNc1cccc(C)c1. The third-order valence-electron chi connectivity index (χ3n) is 2.71. The Morgan fingerprint density at radius 3 is 2.83 bits per heavy atom. The third-order valence-corrected chi connectivity index (χ3v) is 2.71. The number of aryl methyl sites for hydroxylation is 1. The van der Waals surface area contributed by atoms with Crippen molar-refractivity contribution in [3.8, 4) is 0 Å². The number of esters is 1. The molecule has 0 saturated carbocycles. The van der Waals surface area contributed by atoms with E-state index in [0.717, 1.165) is 25.8 Å². The van der Waals surface area contributed by atoms with Crippen LogP contribution in [0.1, 0.15) is 38.2 Å². The summed E-state index contributed by atoms with van der Waals surface area (Å²) in [4.78, 5) is 11.1. The highest BCUT2D eigenvalue weighted by molar-refractivity contribution is 5.69. The summed E-state index contributed by atoms with van der Waals surface area (Å²) in [7, 11) is 0. The van der Waals surface area contributed by atoms with Gasteiger partial charge in [0.15, 0.2) is 0 Å². The fourth-order valence-corrected chi connectivity index (χ4v) is 1.79. The average Bonchev–Trinajstić information content (AvgIpc) is 2.34. The predicted molar refractivity (Wildman–Crippen MR) is 74.8 cm³/mol. The van der Waals surface area contributed by atoms with Gasteiger partial charge in [0, 0.05) is 18.7 Å². The van der Waals surface area contributed by atoms with Crippen LogP contribution in [-0.4, -0.2) is 19.1 Å². The number of unbranched alkanes of at least 4 members (excludes halogenated alkanes) is 2. The summed E-state index contributed by atoms with van der Waals surface area (Å²) >= 11 is 0. The molecule has 0 aliphatic carbocycles. The molecule has 1 rings (SSSR count). The van der Waals surface area contributed by atoms with E-state index >= 15 is 0 Å². The maximum Gasteiger partial charge on any atom is 0.305 e. The second kappa shape index (κ2) is 8.56. The van der Waals surface area contributed by atoms with Gasteiger partial charge in [0.2, 0.25) is 0 Å². The van der Waals surface area contributed by atoms with Crippen LogP contribution in [0.5, 0.6) is 0 Å². The zero-order valence-electron chi connectivity index (χ0n) is 11.4. The molecule has 0 amide bonds. The van der Waals surface area contributed by atoms with Crippen molar-refractivity contribution in [2.45, 2.75) is 39.5 Å². The summed E-state index contributed by atoms with van der Waals surface area (Å²) in [6, 6.07) is 8.35. The summed E-state index contributed by atoms with van der Waals surface area (Å²) < 4.78 is 4.88. The van der Waals surface area contributed by atoms with Crippen molar-refractivity contribution in [1.82, 2.24) is 0 Å². The largest absolute Gasteiger partial charge is 0.466 e. The van der Waals surface area contributed by atoms with Crippen molar-refractivity contribution in [3.05, 3.63) is 29.8 Å². The Hall–Kier alpha value is -1.51. The highest BCUT2D eigenvalue weighted by Crippen LogP contribution is 2.10. The van der Waals surface area contributed by atoms with E-state index in [4.69, 9.17) is 4.74 Å². The summed E-state index contributed by atoms with van der Waals surface area (Å²) in [5.74, 6) is -0.0795. The van der Waals surface area contributed by atoms with Crippen molar-refractivity contribution < 1.29 is 9.53 Å². The van der Waals surface area contributed by atoms with E-state index in [2.05, 4.69) is 36.5 Å². The Morgan fingerprint density at radius 1 is 1.28 bits per heavy atom. The van der Waals surface area contributed by atoms with Crippen molar-refractivity contribution in [3.63, 3.8) is 0 Å². The molecule has 3 heteroatoms. The van der Waals surface area contributed by atoms with Gasteiger partial charge in [-0.3, -0.25) is 4.79 Å². The van der Waals surface area contributed by atoms with Crippen LogP contribution in [0, 0.1) is 6.92 Å². The number of ether oxygens (including phenoxy) is 1. The number of hydrogen-bond donors (Lipinski definition) is 1. The van der Waals surface area contributed by atoms with Gasteiger partial charge in [0.1, 0.15) is 0 Å². The zero-order chi connectivity index (χ0) is 13.2. The maximum atomic E-state index is 11.1. The van der Waals surface area contributed by atoms with Gasteiger partial charge in [0.05, 0.1) is 6.61 Å². The number of hydrogen-bond acceptors (Lipinski definition) is 3. The van der Waals surface area contributed by atoms with Crippen molar-refractivity contribution in [2.24, 2.45) is 0 Å². The third kappa shape index (κ3) is 6.28. The predicted octanol–water partition coefficient (Wildman–Crippen LogP) is 3.53. The molecule has 1 N–H and O–H groups in total. The van der Waals surface area contributed by atoms with Gasteiger partial charge >= 0.3 is 5.97 Å². The maximum absolute atomic E-state index is 11.1. The number of carbonyl (C=O) groups excluding carboxylic acids is 1. The van der Waals surface area contributed by atoms with Crippen LogP contribution in [0.15, 0.2) is 24.3 Å². The quantitative estimate of drug-likeness (QED) is 0.566. The smallest absolute Gasteiger partial charge is 0.305 e. The van der Waals surface area contributed by atoms with Crippen LogP contribution in [0.3, 0.4) is 0 Å². The zero-order valence-corrected chi connectivity index (χ0v) is 11.4. The number of carbonyl (C=O) groups is 1. The second-order valence-electron chi connectivity index (χ2n) is 4.41. The number of anilines is 1. The molecule has 0 fully saturated rings. The molecule has 0 aliphatic heterocycles. The van der Waals surface area contributed by atoms with Crippen LogP contribution in [0.25, 0.3) is 0 Å². The fraction of sp³-hybridized carbons (Fsp3) is 0.533. The Morgan fingerprint density at radius 2 is 2.11 bits per heavy atom. The lowest BCUT2D eigenvalue weighted by atomic mass is 10.2. The first kappa shape index (κ1) is 14.6. The van der Waals surface area contributed by atoms with Crippen molar-refractivity contribution >= 4 is 11.7 Å². The molecule has 0 radical (unpaired) electrons. The van der Waals surface area contributed by atoms with Gasteiger partial charge in [-0.2, -0.15) is 0 Å².